The summed E-state index contributed by atoms with van der Waals surface area (Å²) in [7, 11) is 1.72. The molecule has 2 amide bonds. The fraction of sp³-hybridized carbons (Fsp3) is 0.214. The first kappa shape index (κ1) is 12.4. The van der Waals surface area contributed by atoms with Crippen molar-refractivity contribution in [3.8, 4) is 0 Å². The third-order valence-corrected chi connectivity index (χ3v) is 3.29. The summed E-state index contributed by atoms with van der Waals surface area (Å²) in [6.45, 7) is 2.37. The van der Waals surface area contributed by atoms with Crippen molar-refractivity contribution in [3.63, 3.8) is 0 Å². The van der Waals surface area contributed by atoms with Crippen LogP contribution in [0, 0.1) is 6.92 Å². The quantitative estimate of drug-likeness (QED) is 0.861. The first-order chi connectivity index (χ1) is 9.54. The van der Waals surface area contributed by atoms with Crippen LogP contribution in [0.2, 0.25) is 0 Å². The molecule has 2 heterocycles. The van der Waals surface area contributed by atoms with Gasteiger partial charge in [-0.2, -0.15) is 5.10 Å². The molecule has 0 fully saturated rings. The van der Waals surface area contributed by atoms with Gasteiger partial charge in [-0.3, -0.25) is 14.3 Å². The highest BCUT2D eigenvalue weighted by Gasteiger charge is 2.19. The minimum absolute atomic E-state index is 0.104. The summed E-state index contributed by atoms with van der Waals surface area (Å²) in [5.74, 6) is -0.348. The lowest BCUT2D eigenvalue weighted by molar-refractivity contribution is 0.0963. The largest absolute Gasteiger partial charge is 0.348 e. The molecule has 6 nitrogen and oxygen atoms in total. The molecule has 1 aliphatic rings. The van der Waals surface area contributed by atoms with Crippen molar-refractivity contribution in [3.05, 3.63) is 46.8 Å². The molecule has 0 atom stereocenters. The second-order valence-corrected chi connectivity index (χ2v) is 4.80. The summed E-state index contributed by atoms with van der Waals surface area (Å²) in [6.07, 6.45) is 0. The van der Waals surface area contributed by atoms with Crippen LogP contribution in [0.4, 0.5) is 5.69 Å². The summed E-state index contributed by atoms with van der Waals surface area (Å²) in [5.41, 5.74) is 3.43. The van der Waals surface area contributed by atoms with E-state index in [-0.39, 0.29) is 11.8 Å². The molecule has 0 unspecified atom stereocenters. The molecule has 1 aromatic carbocycles. The van der Waals surface area contributed by atoms with E-state index in [1.54, 1.807) is 25.2 Å². The molecule has 2 N–H and O–H groups in total. The van der Waals surface area contributed by atoms with Gasteiger partial charge in [0.05, 0.1) is 5.69 Å². The Morgan fingerprint density at radius 2 is 2.20 bits per heavy atom. The van der Waals surface area contributed by atoms with Gasteiger partial charge in [-0.15, -0.1) is 0 Å². The SMILES string of the molecule is Cc1cc(C(=O)Nc2ccc3c(c2)C(=O)NC3)n(C)n1. The molecule has 3 rings (SSSR count). The van der Waals surface area contributed by atoms with E-state index >= 15 is 0 Å². The number of nitrogens with zero attached hydrogens (tertiary/aromatic N) is 2. The maximum Gasteiger partial charge on any atom is 0.273 e. The molecule has 0 saturated carbocycles. The number of carbonyl (C=O) groups excluding carboxylic acids is 2. The van der Waals surface area contributed by atoms with Gasteiger partial charge < -0.3 is 10.6 Å². The minimum atomic E-state index is -0.244. The van der Waals surface area contributed by atoms with E-state index in [2.05, 4.69) is 15.7 Å². The number of anilines is 1. The number of hydrogen-bond donors (Lipinski definition) is 2. The van der Waals surface area contributed by atoms with Crippen molar-refractivity contribution >= 4 is 17.5 Å². The molecule has 1 aliphatic heterocycles. The molecule has 6 heteroatoms. The number of aryl methyl sites for hydroxylation is 2. The zero-order valence-corrected chi connectivity index (χ0v) is 11.2. The van der Waals surface area contributed by atoms with Crippen LogP contribution in [-0.2, 0) is 13.6 Å². The average molecular weight is 270 g/mol. The second kappa shape index (κ2) is 4.48. The summed E-state index contributed by atoms with van der Waals surface area (Å²) in [6, 6.07) is 7.05. The van der Waals surface area contributed by atoms with Gasteiger partial charge in [-0.05, 0) is 30.7 Å². The summed E-state index contributed by atoms with van der Waals surface area (Å²) < 4.78 is 1.53. The third-order valence-electron chi connectivity index (χ3n) is 3.29. The number of aromatic nitrogens is 2. The Hall–Kier alpha value is -2.63. The standard InChI is InChI=1S/C14H14N4O2/c1-8-5-12(18(2)17-8)14(20)16-10-4-3-9-7-15-13(19)11(9)6-10/h3-6H,7H2,1-2H3,(H,15,19)(H,16,20). The van der Waals surface area contributed by atoms with Gasteiger partial charge in [0.2, 0.25) is 0 Å². The van der Waals surface area contributed by atoms with Crippen LogP contribution in [-0.4, -0.2) is 21.6 Å². The number of hydrogen-bond acceptors (Lipinski definition) is 3. The highest BCUT2D eigenvalue weighted by atomic mass is 16.2. The number of nitrogens with one attached hydrogen (secondary N) is 2. The smallest absolute Gasteiger partial charge is 0.273 e. The summed E-state index contributed by atoms with van der Waals surface area (Å²) >= 11 is 0. The Morgan fingerprint density at radius 1 is 1.40 bits per heavy atom. The maximum absolute atomic E-state index is 12.2. The number of rotatable bonds is 2. The second-order valence-electron chi connectivity index (χ2n) is 4.80. The fourth-order valence-electron chi connectivity index (χ4n) is 2.31. The zero-order valence-electron chi connectivity index (χ0n) is 11.2. The lowest BCUT2D eigenvalue weighted by Crippen LogP contribution is -2.16. The Kier molecular flexibility index (Phi) is 2.78. The topological polar surface area (TPSA) is 76.0 Å². The molecule has 0 spiro atoms. The Balaban J connectivity index is 1.85. The Bertz CT molecular complexity index is 718. The van der Waals surface area contributed by atoms with E-state index < -0.39 is 0 Å². The van der Waals surface area contributed by atoms with Crippen molar-refractivity contribution in [2.75, 3.05) is 5.32 Å². The van der Waals surface area contributed by atoms with Gasteiger partial charge in [0.15, 0.2) is 0 Å². The number of benzene rings is 1. The molecule has 1 aromatic heterocycles. The van der Waals surface area contributed by atoms with E-state index in [0.29, 0.717) is 23.5 Å². The van der Waals surface area contributed by atoms with Gasteiger partial charge in [0, 0.05) is 24.8 Å². The Morgan fingerprint density at radius 3 is 2.90 bits per heavy atom. The van der Waals surface area contributed by atoms with Gasteiger partial charge in [-0.1, -0.05) is 6.07 Å². The average Bonchev–Trinajstić information content (AvgIpc) is 2.93. The summed E-state index contributed by atoms with van der Waals surface area (Å²) in [5, 5.41) is 9.66. The highest BCUT2D eigenvalue weighted by Crippen LogP contribution is 2.20. The van der Waals surface area contributed by atoms with E-state index in [1.807, 2.05) is 13.0 Å². The molecule has 0 bridgehead atoms. The molecule has 2 aromatic rings. The van der Waals surface area contributed by atoms with Crippen LogP contribution in [0.15, 0.2) is 24.3 Å². The van der Waals surface area contributed by atoms with Crippen LogP contribution >= 0.6 is 0 Å². The molecular formula is C14H14N4O2. The lowest BCUT2D eigenvalue weighted by atomic mass is 10.1. The van der Waals surface area contributed by atoms with Crippen molar-refractivity contribution < 1.29 is 9.59 Å². The van der Waals surface area contributed by atoms with Crippen LogP contribution in [0.1, 0.15) is 32.1 Å². The fourth-order valence-corrected chi connectivity index (χ4v) is 2.31. The van der Waals surface area contributed by atoms with Gasteiger partial charge in [0.25, 0.3) is 11.8 Å². The molecular weight excluding hydrogens is 256 g/mol. The van der Waals surface area contributed by atoms with E-state index in [9.17, 15) is 9.59 Å². The predicted octanol–water partition coefficient (Wildman–Crippen LogP) is 1.22. The normalized spacial score (nSPS) is 13.0. The third kappa shape index (κ3) is 2.05. The van der Waals surface area contributed by atoms with Crippen LogP contribution in [0.5, 0.6) is 0 Å². The van der Waals surface area contributed by atoms with Gasteiger partial charge in [-0.25, -0.2) is 0 Å². The van der Waals surface area contributed by atoms with E-state index in [1.165, 1.54) is 4.68 Å². The van der Waals surface area contributed by atoms with Gasteiger partial charge in [0.1, 0.15) is 5.69 Å². The molecule has 102 valence electrons. The van der Waals surface area contributed by atoms with Crippen LogP contribution in [0.3, 0.4) is 0 Å². The Labute approximate surface area is 115 Å². The lowest BCUT2D eigenvalue weighted by Gasteiger charge is -2.06. The first-order valence-electron chi connectivity index (χ1n) is 6.28. The van der Waals surface area contributed by atoms with Crippen LogP contribution < -0.4 is 10.6 Å². The van der Waals surface area contributed by atoms with Crippen molar-refractivity contribution in [2.45, 2.75) is 13.5 Å². The van der Waals surface area contributed by atoms with Crippen LogP contribution in [0.25, 0.3) is 0 Å². The molecule has 20 heavy (non-hydrogen) atoms. The number of fused-ring (bicyclic) bond motifs is 1. The van der Waals surface area contributed by atoms with E-state index in [0.717, 1.165) is 11.3 Å². The predicted molar refractivity (Wildman–Crippen MR) is 73.5 cm³/mol. The van der Waals surface area contributed by atoms with E-state index in [4.69, 9.17) is 0 Å². The number of carbonyl (C=O) groups is 2. The summed E-state index contributed by atoms with van der Waals surface area (Å²) in [4.78, 5) is 23.8. The van der Waals surface area contributed by atoms with Crippen molar-refractivity contribution in [1.82, 2.24) is 15.1 Å². The highest BCUT2D eigenvalue weighted by molar-refractivity contribution is 6.05. The van der Waals surface area contributed by atoms with Gasteiger partial charge >= 0.3 is 0 Å². The van der Waals surface area contributed by atoms with Crippen molar-refractivity contribution in [2.24, 2.45) is 7.05 Å². The molecule has 0 saturated heterocycles. The first-order valence-corrected chi connectivity index (χ1v) is 6.28. The number of amides is 2. The zero-order chi connectivity index (χ0) is 14.3. The monoisotopic (exact) mass is 270 g/mol. The maximum atomic E-state index is 12.2. The molecule has 0 aliphatic carbocycles. The molecule has 0 radical (unpaired) electrons. The van der Waals surface area contributed by atoms with Crippen molar-refractivity contribution in [1.29, 1.82) is 0 Å². The minimum Gasteiger partial charge on any atom is -0.348 e.